The third kappa shape index (κ3) is 9.94. The first-order chi connectivity index (χ1) is 13.8. The van der Waals surface area contributed by atoms with E-state index in [1.165, 1.54) is 0 Å². The molecular formula is C18H21N5O6. The van der Waals surface area contributed by atoms with Gasteiger partial charge in [0.15, 0.2) is 0 Å². The highest BCUT2D eigenvalue weighted by Crippen LogP contribution is 2.15. The summed E-state index contributed by atoms with van der Waals surface area (Å²) in [5, 5.41) is 22.9. The highest BCUT2D eigenvalue weighted by Gasteiger charge is 2.10. The molecule has 0 radical (unpaired) electrons. The maximum absolute atomic E-state index is 11.3. The molecule has 2 aromatic heterocycles. The van der Waals surface area contributed by atoms with Gasteiger partial charge in [0.25, 0.3) is 0 Å². The van der Waals surface area contributed by atoms with Crippen LogP contribution < -0.4 is 26.5 Å². The van der Waals surface area contributed by atoms with Crippen LogP contribution in [-0.2, 0) is 20.9 Å². The molecule has 0 aliphatic heterocycles. The lowest BCUT2D eigenvalue weighted by Crippen LogP contribution is -2.21. The van der Waals surface area contributed by atoms with Crippen molar-refractivity contribution in [3.63, 3.8) is 0 Å². The van der Waals surface area contributed by atoms with Crippen molar-refractivity contribution in [3.05, 3.63) is 54.4 Å². The van der Waals surface area contributed by atoms with E-state index in [2.05, 4.69) is 20.6 Å². The molecule has 29 heavy (non-hydrogen) atoms. The Balaban J connectivity index is 0.000000447. The number of aromatic amines is 1. The number of carbonyl (C=O) groups is 3. The second kappa shape index (κ2) is 12.3. The number of carboxylic acid groups (broad SMARTS) is 2. The largest absolute Gasteiger partial charge is 0.545 e. The smallest absolute Gasteiger partial charge is 0.411 e. The monoisotopic (exact) mass is 403 g/mol. The Labute approximate surface area is 166 Å². The highest BCUT2D eigenvalue weighted by atomic mass is 16.5. The fraction of sp³-hybridized carbons (Fsp3) is 0.167. The molecule has 0 aromatic carbocycles. The lowest BCUT2D eigenvalue weighted by atomic mass is 10.3. The number of nitrogens with one attached hydrogen (secondary N) is 3. The Hall–Kier alpha value is -4.15. The van der Waals surface area contributed by atoms with Crippen molar-refractivity contribution in [2.45, 2.75) is 13.5 Å². The van der Waals surface area contributed by atoms with E-state index in [-0.39, 0.29) is 0 Å². The van der Waals surface area contributed by atoms with Crippen LogP contribution in [0.2, 0.25) is 0 Å². The first-order valence-electron chi connectivity index (χ1n) is 8.33. The topological polar surface area (TPSA) is 181 Å². The van der Waals surface area contributed by atoms with Gasteiger partial charge in [-0.15, -0.1) is 0 Å². The summed E-state index contributed by atoms with van der Waals surface area (Å²) >= 11 is 0. The number of rotatable bonds is 7. The van der Waals surface area contributed by atoms with Gasteiger partial charge in [-0.2, -0.15) is 0 Å². The van der Waals surface area contributed by atoms with E-state index in [1.807, 2.05) is 18.2 Å². The molecule has 0 saturated carbocycles. The number of anilines is 3. The molecular weight excluding hydrogens is 382 g/mol. The van der Waals surface area contributed by atoms with Crippen molar-refractivity contribution < 1.29 is 34.3 Å². The summed E-state index contributed by atoms with van der Waals surface area (Å²) in [6, 6.07) is 9.19. The van der Waals surface area contributed by atoms with Crippen LogP contribution in [0.1, 0.15) is 12.6 Å². The van der Waals surface area contributed by atoms with Crippen LogP contribution in [-0.4, -0.2) is 34.7 Å². The van der Waals surface area contributed by atoms with E-state index in [0.29, 0.717) is 36.8 Å². The number of pyridine rings is 2. The normalized spacial score (nSPS) is 9.83. The number of aliphatic carboxylic acids is 2. The molecule has 0 atom stereocenters. The van der Waals surface area contributed by atoms with E-state index < -0.39 is 18.0 Å². The Morgan fingerprint density at radius 1 is 1.28 bits per heavy atom. The van der Waals surface area contributed by atoms with Crippen LogP contribution in [0, 0.1) is 0 Å². The Kier molecular flexibility index (Phi) is 9.69. The molecule has 2 aromatic rings. The zero-order chi connectivity index (χ0) is 21.6. The van der Waals surface area contributed by atoms with Gasteiger partial charge < -0.3 is 30.8 Å². The quantitative estimate of drug-likeness (QED) is 0.464. The van der Waals surface area contributed by atoms with Gasteiger partial charge in [-0.3, -0.25) is 10.3 Å². The van der Waals surface area contributed by atoms with E-state index in [4.69, 9.17) is 15.6 Å². The van der Waals surface area contributed by atoms with Crippen molar-refractivity contribution in [2.24, 2.45) is 0 Å². The molecule has 0 unspecified atom stereocenters. The number of ether oxygens (including phenoxy) is 1. The lowest BCUT2D eigenvalue weighted by Gasteiger charge is -2.07. The number of carbonyl (C=O) groups excluding carboxylic acids is 2. The number of hydrogen-bond donors (Lipinski definition) is 4. The van der Waals surface area contributed by atoms with Gasteiger partial charge in [-0.25, -0.2) is 14.6 Å². The molecule has 0 saturated heterocycles. The minimum atomic E-state index is -1.51. The predicted octanol–water partition coefficient (Wildman–Crippen LogP) is 0.0355. The van der Waals surface area contributed by atoms with E-state index in [0.717, 1.165) is 11.5 Å². The van der Waals surface area contributed by atoms with Crippen LogP contribution in [0.15, 0.2) is 48.7 Å². The number of aromatic nitrogens is 2. The number of H-pyrrole nitrogens is 1. The summed E-state index contributed by atoms with van der Waals surface area (Å²) < 4.78 is 4.79. The molecule has 0 bridgehead atoms. The Morgan fingerprint density at radius 2 is 2.03 bits per heavy atom. The van der Waals surface area contributed by atoms with Gasteiger partial charge in [-0.05, 0) is 31.2 Å². The first-order valence-corrected chi connectivity index (χ1v) is 8.33. The maximum atomic E-state index is 11.3. The molecule has 154 valence electrons. The SMILES string of the molecule is CCOC(=O)Nc1ccc(NCc2ccccn2)[nH+]c1N.O=C([O-])/C=C/C(=O)O. The summed E-state index contributed by atoms with van der Waals surface area (Å²) in [6.07, 6.45) is 2.14. The molecule has 0 aliphatic rings. The summed E-state index contributed by atoms with van der Waals surface area (Å²) in [7, 11) is 0. The van der Waals surface area contributed by atoms with E-state index in [9.17, 15) is 19.5 Å². The van der Waals surface area contributed by atoms with Crippen molar-refractivity contribution >= 4 is 35.4 Å². The molecule has 11 heteroatoms. The molecule has 0 fully saturated rings. The number of nitrogens with two attached hydrogens (primary N) is 1. The lowest BCUT2D eigenvalue weighted by molar-refractivity contribution is -0.342. The summed E-state index contributed by atoms with van der Waals surface area (Å²) in [5.41, 5.74) is 7.24. The molecule has 0 aliphatic carbocycles. The number of amides is 1. The minimum Gasteiger partial charge on any atom is -0.545 e. The van der Waals surface area contributed by atoms with Gasteiger partial charge in [-0.1, -0.05) is 6.07 Å². The van der Waals surface area contributed by atoms with Gasteiger partial charge in [0, 0.05) is 18.3 Å². The number of nitrogens with zero attached hydrogens (tertiary/aromatic N) is 1. The molecule has 6 N–H and O–H groups in total. The highest BCUT2D eigenvalue weighted by molar-refractivity contribution is 5.88. The summed E-state index contributed by atoms with van der Waals surface area (Å²) in [6.45, 7) is 2.61. The van der Waals surface area contributed by atoms with Gasteiger partial charge in [0.05, 0.1) is 18.3 Å². The van der Waals surface area contributed by atoms with Gasteiger partial charge in [0.2, 0.25) is 11.6 Å². The predicted molar refractivity (Wildman–Crippen MR) is 101 cm³/mol. The second-order valence-electron chi connectivity index (χ2n) is 5.21. The van der Waals surface area contributed by atoms with E-state index >= 15 is 0 Å². The third-order valence-electron chi connectivity index (χ3n) is 3.04. The van der Waals surface area contributed by atoms with Crippen molar-refractivity contribution in [1.82, 2.24) is 4.98 Å². The Morgan fingerprint density at radius 3 is 2.55 bits per heavy atom. The average Bonchev–Trinajstić information content (AvgIpc) is 2.68. The molecule has 11 nitrogen and oxygen atoms in total. The maximum Gasteiger partial charge on any atom is 0.411 e. The zero-order valence-corrected chi connectivity index (χ0v) is 15.5. The van der Waals surface area contributed by atoms with Crippen molar-refractivity contribution in [3.8, 4) is 0 Å². The number of nitrogen functional groups attached to an aromatic ring is 1. The molecule has 2 rings (SSSR count). The molecule has 0 spiro atoms. The first kappa shape index (κ1) is 22.9. The standard InChI is InChI=1S/C14H17N5O2.C4H4O4/c1-2-21-14(20)18-11-6-7-12(19-13(11)15)17-9-10-5-3-4-8-16-10;5-3(6)1-2-4(7)8/h3-8H,2,9H2,1H3,(H,18,20)(H3,15,17,19);1-2H,(H,5,6)(H,7,8)/b;2-1+. The summed E-state index contributed by atoms with van der Waals surface area (Å²) in [4.78, 5) is 37.5. The van der Waals surface area contributed by atoms with Crippen LogP contribution in [0.25, 0.3) is 0 Å². The van der Waals surface area contributed by atoms with Gasteiger partial charge >= 0.3 is 12.1 Å². The number of hydrogen-bond acceptors (Lipinski definition) is 8. The summed E-state index contributed by atoms with van der Waals surface area (Å²) in [5.74, 6) is -1.73. The number of carboxylic acids is 2. The third-order valence-corrected chi connectivity index (χ3v) is 3.04. The molecule has 1 amide bonds. The van der Waals surface area contributed by atoms with Crippen LogP contribution in [0.4, 0.5) is 22.1 Å². The fourth-order valence-corrected chi connectivity index (χ4v) is 1.83. The zero-order valence-electron chi connectivity index (χ0n) is 15.5. The van der Waals surface area contributed by atoms with Crippen molar-refractivity contribution in [1.29, 1.82) is 0 Å². The van der Waals surface area contributed by atoms with Crippen LogP contribution in [0.3, 0.4) is 0 Å². The fourth-order valence-electron chi connectivity index (χ4n) is 1.83. The average molecular weight is 403 g/mol. The Bertz CT molecular complexity index is 841. The van der Waals surface area contributed by atoms with Gasteiger partial charge in [0.1, 0.15) is 12.2 Å². The van der Waals surface area contributed by atoms with E-state index in [1.54, 1.807) is 25.3 Å². The van der Waals surface area contributed by atoms with Crippen molar-refractivity contribution in [2.75, 3.05) is 23.0 Å². The second-order valence-corrected chi connectivity index (χ2v) is 5.21. The van der Waals surface area contributed by atoms with Crippen LogP contribution >= 0.6 is 0 Å². The minimum absolute atomic E-state index is 0.305. The van der Waals surface area contributed by atoms with Crippen LogP contribution in [0.5, 0.6) is 0 Å². The molecule has 2 heterocycles.